The summed E-state index contributed by atoms with van der Waals surface area (Å²) in [5.41, 5.74) is 2.11. The second kappa shape index (κ2) is 6.47. The first kappa shape index (κ1) is 15.8. The molecule has 0 radical (unpaired) electrons. The standard InChI is InChI=1S/C15H16ClNO3S/c1-21(19,20)15-7-3-6-14(16)13(15)9-17-12-5-2-4-11(8-12)10-18/h2-8,17-18H,9-10H2,1H3. The SMILES string of the molecule is CS(=O)(=O)c1cccc(Cl)c1CNc1cccc(CO)c1. The highest BCUT2D eigenvalue weighted by Crippen LogP contribution is 2.25. The average molecular weight is 326 g/mol. The molecule has 0 fully saturated rings. The normalized spacial score (nSPS) is 11.4. The molecule has 0 unspecified atom stereocenters. The molecule has 0 aliphatic rings. The van der Waals surface area contributed by atoms with Crippen molar-refractivity contribution in [2.75, 3.05) is 11.6 Å². The molecule has 0 atom stereocenters. The smallest absolute Gasteiger partial charge is 0.175 e. The molecule has 2 aromatic carbocycles. The summed E-state index contributed by atoms with van der Waals surface area (Å²) in [7, 11) is -3.34. The van der Waals surface area contributed by atoms with Gasteiger partial charge in [0.15, 0.2) is 9.84 Å². The Kier molecular flexibility index (Phi) is 4.88. The summed E-state index contributed by atoms with van der Waals surface area (Å²) in [5.74, 6) is 0. The zero-order chi connectivity index (χ0) is 15.5. The Morgan fingerprint density at radius 3 is 2.57 bits per heavy atom. The van der Waals surface area contributed by atoms with Gasteiger partial charge in [0.25, 0.3) is 0 Å². The summed E-state index contributed by atoms with van der Waals surface area (Å²) >= 11 is 6.12. The fourth-order valence-electron chi connectivity index (χ4n) is 2.03. The lowest BCUT2D eigenvalue weighted by atomic mass is 10.2. The van der Waals surface area contributed by atoms with E-state index in [0.717, 1.165) is 17.5 Å². The van der Waals surface area contributed by atoms with E-state index in [-0.39, 0.29) is 18.0 Å². The average Bonchev–Trinajstić information content (AvgIpc) is 2.45. The Morgan fingerprint density at radius 2 is 1.90 bits per heavy atom. The van der Waals surface area contributed by atoms with Crippen LogP contribution < -0.4 is 5.32 Å². The van der Waals surface area contributed by atoms with Crippen LogP contribution >= 0.6 is 11.6 Å². The molecule has 0 aliphatic carbocycles. The summed E-state index contributed by atoms with van der Waals surface area (Å²) in [4.78, 5) is 0.223. The second-order valence-electron chi connectivity index (χ2n) is 4.70. The van der Waals surface area contributed by atoms with Crippen molar-refractivity contribution < 1.29 is 13.5 Å². The largest absolute Gasteiger partial charge is 0.392 e. The Bertz CT molecular complexity index is 744. The van der Waals surface area contributed by atoms with Gasteiger partial charge < -0.3 is 10.4 Å². The minimum atomic E-state index is -3.34. The minimum Gasteiger partial charge on any atom is -0.392 e. The van der Waals surface area contributed by atoms with Crippen LogP contribution in [0.4, 0.5) is 5.69 Å². The maximum Gasteiger partial charge on any atom is 0.175 e. The minimum absolute atomic E-state index is 0.0454. The van der Waals surface area contributed by atoms with Crippen molar-refractivity contribution in [2.24, 2.45) is 0 Å². The molecule has 0 saturated carbocycles. The van der Waals surface area contributed by atoms with Gasteiger partial charge in [-0.3, -0.25) is 0 Å². The summed E-state index contributed by atoms with van der Waals surface area (Å²) in [5, 5.41) is 12.6. The van der Waals surface area contributed by atoms with Crippen molar-refractivity contribution in [3.05, 3.63) is 58.6 Å². The first-order valence-corrected chi connectivity index (χ1v) is 8.60. The van der Waals surface area contributed by atoms with Gasteiger partial charge in [-0.2, -0.15) is 0 Å². The van der Waals surface area contributed by atoms with Gasteiger partial charge in [-0.1, -0.05) is 29.8 Å². The summed E-state index contributed by atoms with van der Waals surface area (Å²) in [6.07, 6.45) is 1.16. The Balaban J connectivity index is 2.28. The predicted octanol–water partition coefficient (Wildman–Crippen LogP) is 2.85. The molecule has 0 heterocycles. The van der Waals surface area contributed by atoms with Crippen LogP contribution in [0.5, 0.6) is 0 Å². The number of aliphatic hydroxyl groups is 1. The third-order valence-corrected chi connectivity index (χ3v) is 4.59. The highest BCUT2D eigenvalue weighted by Gasteiger charge is 2.15. The maximum absolute atomic E-state index is 11.8. The third-order valence-electron chi connectivity index (χ3n) is 3.05. The van der Waals surface area contributed by atoms with Gasteiger partial charge in [0.05, 0.1) is 11.5 Å². The van der Waals surface area contributed by atoms with Gasteiger partial charge in [0.1, 0.15) is 0 Å². The number of aliphatic hydroxyl groups excluding tert-OH is 1. The van der Waals surface area contributed by atoms with Gasteiger partial charge in [0.2, 0.25) is 0 Å². The number of halogens is 1. The lowest BCUT2D eigenvalue weighted by Crippen LogP contribution is -2.08. The Morgan fingerprint density at radius 1 is 1.19 bits per heavy atom. The molecule has 0 spiro atoms. The van der Waals surface area contributed by atoms with Crippen LogP contribution in [-0.2, 0) is 23.0 Å². The number of hydrogen-bond acceptors (Lipinski definition) is 4. The third kappa shape index (κ3) is 3.97. The van der Waals surface area contributed by atoms with Crippen molar-refractivity contribution in [1.82, 2.24) is 0 Å². The van der Waals surface area contributed by atoms with Gasteiger partial charge in [0, 0.05) is 29.1 Å². The van der Waals surface area contributed by atoms with Crippen LogP contribution in [-0.4, -0.2) is 19.8 Å². The van der Waals surface area contributed by atoms with Crippen LogP contribution in [0.1, 0.15) is 11.1 Å². The van der Waals surface area contributed by atoms with Crippen molar-refractivity contribution in [3.8, 4) is 0 Å². The first-order valence-electron chi connectivity index (χ1n) is 6.33. The van der Waals surface area contributed by atoms with Gasteiger partial charge in [-0.25, -0.2) is 8.42 Å². The fourth-order valence-corrected chi connectivity index (χ4v) is 3.28. The van der Waals surface area contributed by atoms with E-state index in [4.69, 9.17) is 16.7 Å². The van der Waals surface area contributed by atoms with Crippen LogP contribution in [0.2, 0.25) is 5.02 Å². The van der Waals surface area contributed by atoms with Gasteiger partial charge in [-0.05, 0) is 29.8 Å². The fraction of sp³-hybridized carbons (Fsp3) is 0.200. The molecule has 2 rings (SSSR count). The Hall–Kier alpha value is -1.56. The van der Waals surface area contributed by atoms with E-state index in [2.05, 4.69) is 5.32 Å². The topological polar surface area (TPSA) is 66.4 Å². The molecular weight excluding hydrogens is 310 g/mol. The van der Waals surface area contributed by atoms with Gasteiger partial charge in [-0.15, -0.1) is 0 Å². The van der Waals surface area contributed by atoms with E-state index in [0.29, 0.717) is 10.6 Å². The summed E-state index contributed by atoms with van der Waals surface area (Å²) in [6, 6.07) is 12.1. The van der Waals surface area contributed by atoms with E-state index < -0.39 is 9.84 Å². The highest BCUT2D eigenvalue weighted by molar-refractivity contribution is 7.90. The number of nitrogens with one attached hydrogen (secondary N) is 1. The second-order valence-corrected chi connectivity index (χ2v) is 7.09. The van der Waals surface area contributed by atoms with E-state index in [1.54, 1.807) is 24.3 Å². The molecule has 0 bridgehead atoms. The molecule has 0 aromatic heterocycles. The van der Waals surface area contributed by atoms with Crippen LogP contribution in [0.3, 0.4) is 0 Å². The maximum atomic E-state index is 11.8. The number of hydrogen-bond donors (Lipinski definition) is 2. The van der Waals surface area contributed by atoms with Crippen molar-refractivity contribution in [1.29, 1.82) is 0 Å². The quantitative estimate of drug-likeness (QED) is 0.887. The van der Waals surface area contributed by atoms with Crippen molar-refractivity contribution >= 4 is 27.1 Å². The van der Waals surface area contributed by atoms with Crippen molar-refractivity contribution in [2.45, 2.75) is 18.0 Å². The van der Waals surface area contributed by atoms with Gasteiger partial charge >= 0.3 is 0 Å². The lowest BCUT2D eigenvalue weighted by Gasteiger charge is -2.12. The zero-order valence-electron chi connectivity index (χ0n) is 11.5. The number of sulfone groups is 1. The molecule has 2 aromatic rings. The molecule has 112 valence electrons. The summed E-state index contributed by atoms with van der Waals surface area (Å²) < 4.78 is 23.6. The van der Waals surface area contributed by atoms with E-state index in [9.17, 15) is 8.42 Å². The highest BCUT2D eigenvalue weighted by atomic mass is 35.5. The lowest BCUT2D eigenvalue weighted by molar-refractivity contribution is 0.282. The monoisotopic (exact) mass is 325 g/mol. The molecule has 4 nitrogen and oxygen atoms in total. The Labute approximate surface area is 129 Å². The molecule has 0 saturated heterocycles. The van der Waals surface area contributed by atoms with Crippen molar-refractivity contribution in [3.63, 3.8) is 0 Å². The molecule has 6 heteroatoms. The van der Waals surface area contributed by atoms with Crippen LogP contribution in [0.25, 0.3) is 0 Å². The number of benzene rings is 2. The molecule has 0 aliphatic heterocycles. The molecule has 0 amide bonds. The number of rotatable bonds is 5. The van der Waals surface area contributed by atoms with Crippen LogP contribution in [0.15, 0.2) is 47.4 Å². The predicted molar refractivity (Wildman–Crippen MR) is 84.3 cm³/mol. The van der Waals surface area contributed by atoms with E-state index >= 15 is 0 Å². The summed E-state index contributed by atoms with van der Waals surface area (Å²) in [6.45, 7) is 0.243. The van der Waals surface area contributed by atoms with E-state index in [1.165, 1.54) is 0 Å². The first-order chi connectivity index (χ1) is 9.91. The molecule has 2 N–H and O–H groups in total. The molecule has 21 heavy (non-hydrogen) atoms. The van der Waals surface area contributed by atoms with E-state index in [1.807, 2.05) is 18.2 Å². The molecular formula is C15H16ClNO3S. The van der Waals surface area contributed by atoms with Crippen LogP contribution in [0, 0.1) is 0 Å². The zero-order valence-corrected chi connectivity index (χ0v) is 13.1. The number of anilines is 1.